The average Bonchev–Trinajstić information content (AvgIpc) is 3.20. The number of pyridine rings is 1. The Balaban J connectivity index is 1.44. The van der Waals surface area contributed by atoms with E-state index in [4.69, 9.17) is 15.2 Å². The number of rotatable bonds is 5. The topological polar surface area (TPSA) is 107 Å². The number of alkyl carbamates (subject to hydrolysis) is 1. The van der Waals surface area contributed by atoms with Crippen LogP contribution in [0, 0.1) is 5.92 Å². The summed E-state index contributed by atoms with van der Waals surface area (Å²) >= 11 is 0. The van der Waals surface area contributed by atoms with Crippen LogP contribution in [0.5, 0.6) is 5.75 Å². The molecule has 2 atom stereocenters. The third-order valence-electron chi connectivity index (χ3n) is 5.89. The van der Waals surface area contributed by atoms with E-state index in [1.807, 2.05) is 4.90 Å². The number of hydrogen-bond acceptors (Lipinski definition) is 6. The normalized spacial score (nSPS) is 24.9. The van der Waals surface area contributed by atoms with Crippen molar-refractivity contribution in [1.29, 1.82) is 0 Å². The van der Waals surface area contributed by atoms with Crippen LogP contribution in [0.1, 0.15) is 23.2 Å². The number of primary amides is 1. The molecule has 2 amide bonds. The summed E-state index contributed by atoms with van der Waals surface area (Å²) in [4.78, 5) is 29.8. The Morgan fingerprint density at radius 3 is 2.87 bits per heavy atom. The Labute approximate surface area is 170 Å². The van der Waals surface area contributed by atoms with Gasteiger partial charge in [-0.05, 0) is 23.6 Å². The molecule has 3 aliphatic rings. The van der Waals surface area contributed by atoms with Crippen molar-refractivity contribution in [3.63, 3.8) is 0 Å². The molecule has 0 spiro atoms. The van der Waals surface area contributed by atoms with Gasteiger partial charge < -0.3 is 25.4 Å². The van der Waals surface area contributed by atoms with Gasteiger partial charge in [0.15, 0.2) is 0 Å². The number of fused-ring (bicyclic) bond motifs is 2. The predicted octanol–water partition coefficient (Wildman–Crippen LogP) is 2.05. The molecule has 2 aliphatic heterocycles. The van der Waals surface area contributed by atoms with E-state index in [0.29, 0.717) is 18.9 Å². The van der Waals surface area contributed by atoms with Gasteiger partial charge >= 0.3 is 6.09 Å². The van der Waals surface area contributed by atoms with E-state index in [-0.39, 0.29) is 48.8 Å². The number of aromatic nitrogens is 1. The first kappa shape index (κ1) is 18.8. The third kappa shape index (κ3) is 3.25. The zero-order valence-corrected chi connectivity index (χ0v) is 15.9. The first-order valence-electron chi connectivity index (χ1n) is 9.74. The minimum Gasteiger partial charge on any atom is -0.492 e. The number of benzene rings is 1. The number of hydrogen-bond donors (Lipinski definition) is 2. The van der Waals surface area contributed by atoms with Crippen molar-refractivity contribution < 1.29 is 27.8 Å². The molecule has 3 N–H and O–H groups in total. The van der Waals surface area contributed by atoms with Crippen LogP contribution in [0.4, 0.5) is 19.4 Å². The Hall–Kier alpha value is -3.17. The van der Waals surface area contributed by atoms with Crippen LogP contribution in [-0.4, -0.2) is 54.7 Å². The lowest BCUT2D eigenvalue weighted by Crippen LogP contribution is -2.38. The number of carbonyl (C=O) groups excluding carboxylic acids is 2. The molecule has 0 unspecified atom stereocenters. The molecule has 3 fully saturated rings. The highest BCUT2D eigenvalue weighted by molar-refractivity contribution is 6.03. The van der Waals surface area contributed by atoms with Crippen LogP contribution < -0.4 is 20.7 Å². The number of amides is 2. The number of ether oxygens (including phenoxy) is 2. The molecule has 30 heavy (non-hydrogen) atoms. The Morgan fingerprint density at radius 1 is 1.37 bits per heavy atom. The number of halogens is 2. The molecule has 2 aromatic rings. The highest BCUT2D eigenvalue weighted by Gasteiger charge is 2.45. The molecular formula is C20H20F2N4O4. The fourth-order valence-corrected chi connectivity index (χ4v) is 4.39. The largest absolute Gasteiger partial charge is 0.492 e. The molecule has 3 heterocycles. The molecule has 5 rings (SSSR count). The number of carbonyl (C=O) groups is 2. The summed E-state index contributed by atoms with van der Waals surface area (Å²) < 4.78 is 37.2. The van der Waals surface area contributed by atoms with Crippen LogP contribution in [0.25, 0.3) is 10.8 Å². The van der Waals surface area contributed by atoms with Gasteiger partial charge in [-0.1, -0.05) is 0 Å². The molecule has 0 radical (unpaired) electrons. The van der Waals surface area contributed by atoms with Crippen molar-refractivity contribution in [2.45, 2.75) is 30.9 Å². The summed E-state index contributed by atoms with van der Waals surface area (Å²) in [6.45, 7) is 1.11. The summed E-state index contributed by atoms with van der Waals surface area (Å²) in [5, 5.41) is 4.26. The van der Waals surface area contributed by atoms with E-state index in [1.54, 1.807) is 24.4 Å². The van der Waals surface area contributed by atoms with E-state index >= 15 is 0 Å². The second kappa shape index (κ2) is 6.68. The maximum atomic E-state index is 13.1. The lowest BCUT2D eigenvalue weighted by Gasteiger charge is -2.34. The number of alkyl halides is 2. The predicted molar refractivity (Wildman–Crippen MR) is 103 cm³/mol. The van der Waals surface area contributed by atoms with Crippen LogP contribution in [-0.2, 0) is 4.74 Å². The van der Waals surface area contributed by atoms with Crippen molar-refractivity contribution >= 4 is 28.6 Å². The fraction of sp³-hybridized carbons (Fsp3) is 0.450. The maximum Gasteiger partial charge on any atom is 0.407 e. The standard InChI is InChI=1S/C20H20F2N4O4/c21-20(22)5-10(6-20)9-29-15-4-12-11(3-13(15)17(23)27)1-2-24-18(12)26-7-14-16(8-26)30-19(28)25-14/h1-4,10,14,16H,5-9H2,(H2,23,27)(H,25,28)/t14-,16+/m1/s1. The number of nitrogens with zero attached hydrogens (tertiary/aromatic N) is 2. The van der Waals surface area contributed by atoms with Gasteiger partial charge in [-0.25, -0.2) is 18.6 Å². The fourth-order valence-electron chi connectivity index (χ4n) is 4.39. The van der Waals surface area contributed by atoms with Gasteiger partial charge in [-0.15, -0.1) is 0 Å². The first-order valence-corrected chi connectivity index (χ1v) is 9.74. The SMILES string of the molecule is NC(=O)c1cc2ccnc(N3C[C@@H]4OC(=O)N[C@@H]4C3)c2cc1OCC1CC(F)(F)C1. The average molecular weight is 418 g/mol. The minimum absolute atomic E-state index is 0.0880. The smallest absolute Gasteiger partial charge is 0.407 e. The number of nitrogens with two attached hydrogens (primary N) is 1. The van der Waals surface area contributed by atoms with E-state index < -0.39 is 17.9 Å². The zero-order valence-electron chi connectivity index (χ0n) is 15.9. The summed E-state index contributed by atoms with van der Waals surface area (Å²) in [6, 6.07) is 4.96. The second-order valence-corrected chi connectivity index (χ2v) is 8.11. The molecule has 1 aromatic heterocycles. The number of nitrogens with one attached hydrogen (secondary N) is 1. The van der Waals surface area contributed by atoms with Crippen LogP contribution in [0.15, 0.2) is 24.4 Å². The molecular weight excluding hydrogens is 398 g/mol. The molecule has 10 heteroatoms. The van der Waals surface area contributed by atoms with Crippen molar-refractivity contribution in [2.24, 2.45) is 11.7 Å². The molecule has 1 aromatic carbocycles. The Bertz CT molecular complexity index is 1020. The summed E-state index contributed by atoms with van der Waals surface area (Å²) in [5.41, 5.74) is 5.71. The highest BCUT2D eigenvalue weighted by atomic mass is 19.3. The van der Waals surface area contributed by atoms with E-state index in [9.17, 15) is 18.4 Å². The van der Waals surface area contributed by atoms with Gasteiger partial charge in [0.1, 0.15) is 17.7 Å². The minimum atomic E-state index is -2.63. The van der Waals surface area contributed by atoms with Crippen molar-refractivity contribution in [3.05, 3.63) is 30.0 Å². The molecule has 1 aliphatic carbocycles. The third-order valence-corrected chi connectivity index (χ3v) is 5.89. The first-order chi connectivity index (χ1) is 14.3. The maximum absolute atomic E-state index is 13.1. The lowest BCUT2D eigenvalue weighted by molar-refractivity contribution is -0.119. The summed E-state index contributed by atoms with van der Waals surface area (Å²) in [7, 11) is 0. The number of anilines is 1. The van der Waals surface area contributed by atoms with Gasteiger partial charge in [0.25, 0.3) is 5.91 Å². The van der Waals surface area contributed by atoms with Gasteiger partial charge in [0, 0.05) is 36.9 Å². The monoisotopic (exact) mass is 418 g/mol. The molecule has 1 saturated carbocycles. The van der Waals surface area contributed by atoms with Gasteiger partial charge in [-0.2, -0.15) is 0 Å². The van der Waals surface area contributed by atoms with E-state index in [0.717, 1.165) is 10.8 Å². The van der Waals surface area contributed by atoms with Gasteiger partial charge in [0.2, 0.25) is 5.92 Å². The van der Waals surface area contributed by atoms with Crippen molar-refractivity contribution in [3.8, 4) is 5.75 Å². The van der Waals surface area contributed by atoms with E-state index in [2.05, 4.69) is 10.3 Å². The Morgan fingerprint density at radius 2 is 2.17 bits per heavy atom. The van der Waals surface area contributed by atoms with Crippen LogP contribution in [0.3, 0.4) is 0 Å². The van der Waals surface area contributed by atoms with Crippen LogP contribution in [0.2, 0.25) is 0 Å². The van der Waals surface area contributed by atoms with Crippen LogP contribution >= 0.6 is 0 Å². The Kier molecular flexibility index (Phi) is 4.19. The van der Waals surface area contributed by atoms with Gasteiger partial charge in [-0.3, -0.25) is 4.79 Å². The lowest BCUT2D eigenvalue weighted by atomic mass is 9.82. The van der Waals surface area contributed by atoms with E-state index in [1.165, 1.54) is 0 Å². The van der Waals surface area contributed by atoms with Crippen molar-refractivity contribution in [2.75, 3.05) is 24.6 Å². The molecule has 2 saturated heterocycles. The van der Waals surface area contributed by atoms with Gasteiger partial charge in [0.05, 0.1) is 24.8 Å². The molecule has 0 bridgehead atoms. The summed E-state index contributed by atoms with van der Waals surface area (Å²) in [5.74, 6) is -2.63. The summed E-state index contributed by atoms with van der Waals surface area (Å²) in [6.07, 6.45) is 0.519. The molecule has 8 nitrogen and oxygen atoms in total. The quantitative estimate of drug-likeness (QED) is 0.770. The van der Waals surface area contributed by atoms with Crippen molar-refractivity contribution in [1.82, 2.24) is 10.3 Å². The zero-order chi connectivity index (χ0) is 21.0. The second-order valence-electron chi connectivity index (χ2n) is 8.11. The molecule has 158 valence electrons. The highest BCUT2D eigenvalue weighted by Crippen LogP contribution is 2.43.